The van der Waals surface area contributed by atoms with Crippen molar-refractivity contribution in [2.75, 3.05) is 0 Å². The molecule has 0 unspecified atom stereocenters. The number of phenols is 1. The number of pyridine rings is 1. The molecule has 0 aliphatic carbocycles. The van der Waals surface area contributed by atoms with Crippen molar-refractivity contribution in [2.24, 2.45) is 0 Å². The van der Waals surface area contributed by atoms with Crippen LogP contribution in [-0.2, 0) is 6.54 Å². The van der Waals surface area contributed by atoms with E-state index in [0.717, 1.165) is 29.5 Å². The molecule has 0 aliphatic rings. The van der Waals surface area contributed by atoms with E-state index >= 15 is 0 Å². The van der Waals surface area contributed by atoms with E-state index in [1.165, 1.54) is 0 Å². The molecule has 1 heterocycles. The lowest BCUT2D eigenvalue weighted by molar-refractivity contribution is 0.0947. The molecule has 0 saturated carbocycles. The number of rotatable bonds is 3. The summed E-state index contributed by atoms with van der Waals surface area (Å²) in [5.41, 5.74) is 1.63. The number of aromatic hydroxyl groups is 1. The van der Waals surface area contributed by atoms with E-state index in [9.17, 15) is 14.3 Å². The van der Waals surface area contributed by atoms with Crippen molar-refractivity contribution < 1.29 is 14.3 Å². The zero-order valence-electron chi connectivity index (χ0n) is 10.4. The molecule has 0 spiro atoms. The van der Waals surface area contributed by atoms with E-state index in [1.54, 1.807) is 6.20 Å². The molecule has 0 fully saturated rings. The molecule has 0 aliphatic heterocycles. The van der Waals surface area contributed by atoms with Gasteiger partial charge in [-0.3, -0.25) is 9.78 Å². The molecule has 1 aromatic heterocycles. The predicted octanol–water partition coefficient (Wildman–Crippen LogP) is 2.16. The quantitative estimate of drug-likeness (QED) is 0.889. The minimum Gasteiger partial charge on any atom is -0.507 e. The van der Waals surface area contributed by atoms with Crippen molar-refractivity contribution in [1.29, 1.82) is 0 Å². The summed E-state index contributed by atoms with van der Waals surface area (Å²) in [4.78, 5) is 15.9. The first-order valence-electron chi connectivity index (χ1n) is 5.74. The Morgan fingerprint density at radius 3 is 2.84 bits per heavy atom. The molecule has 2 aromatic rings. The Morgan fingerprint density at radius 1 is 1.37 bits per heavy atom. The van der Waals surface area contributed by atoms with Crippen molar-refractivity contribution in [3.8, 4) is 5.75 Å². The summed E-state index contributed by atoms with van der Waals surface area (Å²) in [6, 6.07) is 6.92. The van der Waals surface area contributed by atoms with Gasteiger partial charge in [0, 0.05) is 18.4 Å². The number of phenolic OH excluding ortho intramolecular Hbond substituents is 1. The van der Waals surface area contributed by atoms with Crippen LogP contribution in [0.2, 0.25) is 0 Å². The third kappa shape index (κ3) is 3.28. The monoisotopic (exact) mass is 260 g/mol. The SMILES string of the molecule is Cc1ccc(CNC(=O)c2cc(F)ccc2O)cn1. The highest BCUT2D eigenvalue weighted by molar-refractivity contribution is 5.96. The maximum absolute atomic E-state index is 13.0. The number of nitrogens with zero attached hydrogens (tertiary/aromatic N) is 1. The molecule has 0 saturated heterocycles. The van der Waals surface area contributed by atoms with Gasteiger partial charge in [0.1, 0.15) is 11.6 Å². The highest BCUT2D eigenvalue weighted by Crippen LogP contribution is 2.17. The smallest absolute Gasteiger partial charge is 0.255 e. The van der Waals surface area contributed by atoms with Crippen molar-refractivity contribution in [1.82, 2.24) is 10.3 Å². The Bertz CT molecular complexity index is 597. The van der Waals surface area contributed by atoms with Crippen LogP contribution in [-0.4, -0.2) is 16.0 Å². The molecule has 5 heteroatoms. The standard InChI is InChI=1S/C14H13FN2O2/c1-9-2-3-10(7-16-9)8-17-14(19)12-6-11(15)4-5-13(12)18/h2-7,18H,8H2,1H3,(H,17,19). The number of halogens is 1. The fraction of sp³-hybridized carbons (Fsp3) is 0.143. The zero-order chi connectivity index (χ0) is 13.8. The van der Waals surface area contributed by atoms with Crippen LogP contribution in [0.5, 0.6) is 5.75 Å². The number of amides is 1. The number of carbonyl (C=O) groups is 1. The molecule has 0 bridgehead atoms. The topological polar surface area (TPSA) is 62.2 Å². The van der Waals surface area contributed by atoms with Gasteiger partial charge in [0.2, 0.25) is 0 Å². The summed E-state index contributed by atoms with van der Waals surface area (Å²) in [6.07, 6.45) is 1.65. The van der Waals surface area contributed by atoms with Crippen LogP contribution in [0, 0.1) is 12.7 Å². The number of aryl methyl sites for hydroxylation is 1. The number of carbonyl (C=O) groups excluding carboxylic acids is 1. The molecule has 1 aromatic carbocycles. The van der Waals surface area contributed by atoms with E-state index in [-0.39, 0.29) is 17.9 Å². The van der Waals surface area contributed by atoms with Crippen LogP contribution < -0.4 is 5.32 Å². The number of nitrogens with one attached hydrogen (secondary N) is 1. The molecule has 98 valence electrons. The fourth-order valence-electron chi connectivity index (χ4n) is 1.57. The van der Waals surface area contributed by atoms with Crippen molar-refractivity contribution in [3.05, 3.63) is 59.2 Å². The molecule has 0 atom stereocenters. The van der Waals surface area contributed by atoms with E-state index in [4.69, 9.17) is 0 Å². The summed E-state index contributed by atoms with van der Waals surface area (Å²) in [5, 5.41) is 12.1. The van der Waals surface area contributed by atoms with Crippen molar-refractivity contribution in [3.63, 3.8) is 0 Å². The first-order chi connectivity index (χ1) is 9.06. The molecule has 0 radical (unpaired) electrons. The van der Waals surface area contributed by atoms with Gasteiger partial charge in [-0.25, -0.2) is 4.39 Å². The molecule has 2 N–H and O–H groups in total. The van der Waals surface area contributed by atoms with Crippen LogP contribution in [0.25, 0.3) is 0 Å². The van der Waals surface area contributed by atoms with Crippen LogP contribution in [0.3, 0.4) is 0 Å². The van der Waals surface area contributed by atoms with Gasteiger partial charge in [-0.2, -0.15) is 0 Å². The largest absolute Gasteiger partial charge is 0.507 e. The third-order valence-electron chi connectivity index (χ3n) is 2.63. The average Bonchev–Trinajstić information content (AvgIpc) is 2.40. The van der Waals surface area contributed by atoms with Gasteiger partial charge in [-0.1, -0.05) is 6.07 Å². The Morgan fingerprint density at radius 2 is 2.16 bits per heavy atom. The highest BCUT2D eigenvalue weighted by atomic mass is 19.1. The maximum Gasteiger partial charge on any atom is 0.255 e. The summed E-state index contributed by atoms with van der Waals surface area (Å²) in [5.74, 6) is -1.35. The number of hydrogen-bond acceptors (Lipinski definition) is 3. The molecular weight excluding hydrogens is 247 g/mol. The second-order valence-electron chi connectivity index (χ2n) is 4.15. The minimum absolute atomic E-state index is 0.0833. The minimum atomic E-state index is -0.569. The second kappa shape index (κ2) is 5.48. The van der Waals surface area contributed by atoms with E-state index < -0.39 is 11.7 Å². The van der Waals surface area contributed by atoms with E-state index in [2.05, 4.69) is 10.3 Å². The molecule has 19 heavy (non-hydrogen) atoms. The third-order valence-corrected chi connectivity index (χ3v) is 2.63. The van der Waals surface area contributed by atoms with E-state index in [0.29, 0.717) is 0 Å². The first-order valence-corrected chi connectivity index (χ1v) is 5.74. The number of aromatic nitrogens is 1. The summed E-state index contributed by atoms with van der Waals surface area (Å²) in [7, 11) is 0. The van der Waals surface area contributed by atoms with Crippen molar-refractivity contribution in [2.45, 2.75) is 13.5 Å². The maximum atomic E-state index is 13.0. The Labute approximate surface area is 109 Å². The Balaban J connectivity index is 2.05. The van der Waals surface area contributed by atoms with Gasteiger partial charge < -0.3 is 10.4 Å². The van der Waals surface area contributed by atoms with Gasteiger partial charge in [0.05, 0.1) is 5.56 Å². The van der Waals surface area contributed by atoms with Gasteiger partial charge in [0.25, 0.3) is 5.91 Å². The van der Waals surface area contributed by atoms with Crippen LogP contribution in [0.1, 0.15) is 21.6 Å². The summed E-state index contributed by atoms with van der Waals surface area (Å²) in [6.45, 7) is 2.13. The lowest BCUT2D eigenvalue weighted by atomic mass is 10.1. The van der Waals surface area contributed by atoms with Gasteiger partial charge in [-0.05, 0) is 36.8 Å². The second-order valence-corrected chi connectivity index (χ2v) is 4.15. The molecule has 4 nitrogen and oxygen atoms in total. The summed E-state index contributed by atoms with van der Waals surface area (Å²) >= 11 is 0. The lowest BCUT2D eigenvalue weighted by Crippen LogP contribution is -2.23. The van der Waals surface area contributed by atoms with Gasteiger partial charge >= 0.3 is 0 Å². The average molecular weight is 260 g/mol. The van der Waals surface area contributed by atoms with Crippen LogP contribution >= 0.6 is 0 Å². The number of hydrogen-bond donors (Lipinski definition) is 2. The Kier molecular flexibility index (Phi) is 3.75. The lowest BCUT2D eigenvalue weighted by Gasteiger charge is -2.07. The predicted molar refractivity (Wildman–Crippen MR) is 68.2 cm³/mol. The first kappa shape index (κ1) is 13.0. The van der Waals surface area contributed by atoms with E-state index in [1.807, 2.05) is 19.1 Å². The molecule has 1 amide bonds. The molecular formula is C14H13FN2O2. The van der Waals surface area contributed by atoms with Crippen LogP contribution in [0.15, 0.2) is 36.5 Å². The zero-order valence-corrected chi connectivity index (χ0v) is 10.4. The normalized spacial score (nSPS) is 10.2. The number of benzene rings is 1. The summed E-state index contributed by atoms with van der Waals surface area (Å²) < 4.78 is 13.0. The fourth-order valence-corrected chi connectivity index (χ4v) is 1.57. The van der Waals surface area contributed by atoms with Gasteiger partial charge in [-0.15, -0.1) is 0 Å². The van der Waals surface area contributed by atoms with Crippen LogP contribution in [0.4, 0.5) is 4.39 Å². The van der Waals surface area contributed by atoms with Gasteiger partial charge in [0.15, 0.2) is 0 Å². The Hall–Kier alpha value is -2.43. The molecule has 2 rings (SSSR count). The van der Waals surface area contributed by atoms with Crippen molar-refractivity contribution >= 4 is 5.91 Å². The highest BCUT2D eigenvalue weighted by Gasteiger charge is 2.11.